The average Bonchev–Trinajstić information content (AvgIpc) is 3.42. The van der Waals surface area contributed by atoms with E-state index in [1.165, 1.54) is 0 Å². The third-order valence-corrected chi connectivity index (χ3v) is 6.20. The summed E-state index contributed by atoms with van der Waals surface area (Å²) in [6.45, 7) is 5.39. The second kappa shape index (κ2) is 10.9. The van der Waals surface area contributed by atoms with Crippen molar-refractivity contribution >= 4 is 23.0 Å². The van der Waals surface area contributed by atoms with Crippen molar-refractivity contribution < 1.29 is 9.53 Å². The second-order valence-corrected chi connectivity index (χ2v) is 8.84. The molecule has 0 saturated carbocycles. The van der Waals surface area contributed by atoms with E-state index >= 15 is 0 Å². The molecule has 3 aromatic rings. The minimum Gasteiger partial charge on any atom is -0.462 e. The molecule has 36 heavy (non-hydrogen) atoms. The van der Waals surface area contributed by atoms with Gasteiger partial charge in [-0.1, -0.05) is 36.4 Å². The summed E-state index contributed by atoms with van der Waals surface area (Å²) in [6, 6.07) is 16.8. The number of nitrogens with zero attached hydrogens (tertiary/aromatic N) is 2. The first kappa shape index (κ1) is 24.7. The first-order valence-electron chi connectivity index (χ1n) is 12.0. The SMILES string of the molecule is C/C(=C\C=C(/C)c1cnc(-c2ccc(C(=O)N3CCCC3)cc2)c(N)c1C(=N)N)Oc1ccccc1. The maximum Gasteiger partial charge on any atom is 0.253 e. The lowest BCUT2D eigenvalue weighted by Gasteiger charge is -2.16. The van der Waals surface area contributed by atoms with Gasteiger partial charge in [-0.15, -0.1) is 0 Å². The van der Waals surface area contributed by atoms with E-state index in [1.807, 2.05) is 73.4 Å². The number of anilines is 1. The van der Waals surface area contributed by atoms with E-state index in [0.29, 0.717) is 33.8 Å². The Morgan fingerprint density at radius 3 is 2.33 bits per heavy atom. The summed E-state index contributed by atoms with van der Waals surface area (Å²) in [5, 5.41) is 8.17. The number of pyridine rings is 1. The lowest BCUT2D eigenvalue weighted by atomic mass is 9.96. The molecule has 2 aromatic carbocycles. The van der Waals surface area contributed by atoms with E-state index in [4.69, 9.17) is 21.6 Å². The van der Waals surface area contributed by atoms with Gasteiger partial charge in [-0.2, -0.15) is 0 Å². The van der Waals surface area contributed by atoms with Gasteiger partial charge < -0.3 is 21.1 Å². The molecule has 2 heterocycles. The molecule has 7 heteroatoms. The zero-order valence-corrected chi connectivity index (χ0v) is 20.6. The van der Waals surface area contributed by atoms with Crippen LogP contribution in [0.4, 0.5) is 5.69 Å². The van der Waals surface area contributed by atoms with Crippen LogP contribution in [-0.4, -0.2) is 34.7 Å². The van der Waals surface area contributed by atoms with Gasteiger partial charge in [0.1, 0.15) is 17.3 Å². The smallest absolute Gasteiger partial charge is 0.253 e. The fraction of sp³-hybridized carbons (Fsp3) is 0.207. The molecular weight excluding hydrogens is 450 g/mol. The summed E-state index contributed by atoms with van der Waals surface area (Å²) in [4.78, 5) is 19.1. The Bertz CT molecular complexity index is 1320. The standard InChI is InChI=1S/C29H31N5O2/c1-19(10-11-20(2)36-23-8-4-3-5-9-23)24-18-33-27(26(30)25(24)28(31)32)21-12-14-22(15-13-21)29(35)34-16-6-7-17-34/h3-5,8-15,18H,6-7,16-17,30H2,1-2H3,(H3,31,32)/b19-10+,20-11+. The Morgan fingerprint density at radius 2 is 1.69 bits per heavy atom. The molecule has 7 nitrogen and oxygen atoms in total. The first-order valence-corrected chi connectivity index (χ1v) is 12.0. The largest absolute Gasteiger partial charge is 0.462 e. The van der Waals surface area contributed by atoms with Gasteiger partial charge in [0.05, 0.1) is 16.9 Å². The lowest BCUT2D eigenvalue weighted by Crippen LogP contribution is -2.27. The molecule has 5 N–H and O–H groups in total. The van der Waals surface area contributed by atoms with E-state index < -0.39 is 0 Å². The highest BCUT2D eigenvalue weighted by atomic mass is 16.5. The number of likely N-dealkylation sites (tertiary alicyclic amines) is 1. The first-order chi connectivity index (χ1) is 17.3. The number of para-hydroxylation sites is 1. The predicted molar refractivity (Wildman–Crippen MR) is 145 cm³/mol. The van der Waals surface area contributed by atoms with Crippen molar-refractivity contribution in [1.29, 1.82) is 5.41 Å². The second-order valence-electron chi connectivity index (χ2n) is 8.84. The molecule has 0 bridgehead atoms. The number of hydrogen-bond donors (Lipinski definition) is 3. The Kier molecular flexibility index (Phi) is 7.49. The molecule has 0 aliphatic carbocycles. The molecule has 1 amide bonds. The molecule has 1 aliphatic heterocycles. The minimum atomic E-state index is -0.138. The van der Waals surface area contributed by atoms with E-state index in [9.17, 15) is 4.79 Å². The topological polar surface area (TPSA) is 118 Å². The van der Waals surface area contributed by atoms with Crippen molar-refractivity contribution in [1.82, 2.24) is 9.88 Å². The molecule has 0 spiro atoms. The summed E-state index contributed by atoms with van der Waals surface area (Å²) < 4.78 is 5.82. The molecule has 4 rings (SSSR count). The molecule has 0 atom stereocenters. The van der Waals surface area contributed by atoms with Crippen LogP contribution in [0.2, 0.25) is 0 Å². The van der Waals surface area contributed by atoms with Crippen LogP contribution in [0.15, 0.2) is 78.7 Å². The highest BCUT2D eigenvalue weighted by Gasteiger charge is 2.20. The molecule has 184 valence electrons. The van der Waals surface area contributed by atoms with Gasteiger partial charge in [-0.05, 0) is 62.6 Å². The highest BCUT2D eigenvalue weighted by molar-refractivity contribution is 6.06. The van der Waals surface area contributed by atoms with Crippen molar-refractivity contribution in [3.05, 3.63) is 95.4 Å². The zero-order valence-electron chi connectivity index (χ0n) is 20.6. The number of amides is 1. The maximum absolute atomic E-state index is 12.7. The van der Waals surface area contributed by atoms with Gasteiger partial charge in [-0.25, -0.2) is 0 Å². The van der Waals surface area contributed by atoms with Crippen molar-refractivity contribution in [2.45, 2.75) is 26.7 Å². The van der Waals surface area contributed by atoms with Crippen molar-refractivity contribution in [2.75, 3.05) is 18.8 Å². The van der Waals surface area contributed by atoms with Gasteiger partial charge >= 0.3 is 0 Å². The molecule has 0 radical (unpaired) electrons. The number of hydrogen-bond acceptors (Lipinski definition) is 5. The van der Waals surface area contributed by atoms with Crippen molar-refractivity contribution in [3.8, 4) is 17.0 Å². The summed E-state index contributed by atoms with van der Waals surface area (Å²) in [5.41, 5.74) is 16.6. The maximum atomic E-state index is 12.7. The van der Waals surface area contributed by atoms with Crippen LogP contribution in [0.25, 0.3) is 16.8 Å². The number of aromatic nitrogens is 1. The van der Waals surface area contributed by atoms with E-state index in [-0.39, 0.29) is 11.7 Å². The lowest BCUT2D eigenvalue weighted by molar-refractivity contribution is 0.0793. The summed E-state index contributed by atoms with van der Waals surface area (Å²) in [7, 11) is 0. The fourth-order valence-corrected chi connectivity index (χ4v) is 4.26. The van der Waals surface area contributed by atoms with E-state index in [1.54, 1.807) is 18.3 Å². The number of carbonyl (C=O) groups excluding carboxylic acids is 1. The van der Waals surface area contributed by atoms with Gasteiger partial charge in [0.2, 0.25) is 0 Å². The number of amidine groups is 1. The molecular formula is C29H31N5O2. The van der Waals surface area contributed by atoms with Crippen molar-refractivity contribution in [2.24, 2.45) is 5.73 Å². The van der Waals surface area contributed by atoms with Crippen molar-refractivity contribution in [3.63, 3.8) is 0 Å². The van der Waals surface area contributed by atoms with Crippen LogP contribution in [-0.2, 0) is 0 Å². The summed E-state index contributed by atoms with van der Waals surface area (Å²) in [5.74, 6) is 1.37. The number of ether oxygens (including phenoxy) is 1. The van der Waals surface area contributed by atoms with E-state index in [2.05, 4.69) is 4.98 Å². The van der Waals surface area contributed by atoms with Crippen LogP contribution in [0.1, 0.15) is 48.2 Å². The molecule has 0 unspecified atom stereocenters. The molecule has 1 fully saturated rings. The monoisotopic (exact) mass is 481 g/mol. The normalized spacial score (nSPS) is 14.1. The molecule has 1 saturated heterocycles. The number of carbonyl (C=O) groups is 1. The van der Waals surface area contributed by atoms with Crippen LogP contribution in [0.3, 0.4) is 0 Å². The number of nitrogen functional groups attached to an aromatic ring is 2. The van der Waals surface area contributed by atoms with Crippen LogP contribution < -0.4 is 16.2 Å². The number of nitrogens with one attached hydrogen (secondary N) is 1. The Balaban J connectivity index is 1.60. The van der Waals surface area contributed by atoms with Gasteiger partial charge in [0.15, 0.2) is 0 Å². The van der Waals surface area contributed by atoms with Gasteiger partial charge in [-0.3, -0.25) is 15.2 Å². The Hall–Kier alpha value is -4.39. The Morgan fingerprint density at radius 1 is 1.03 bits per heavy atom. The van der Waals surface area contributed by atoms with Gasteiger partial charge in [0, 0.05) is 36.0 Å². The van der Waals surface area contributed by atoms with Crippen LogP contribution >= 0.6 is 0 Å². The summed E-state index contributed by atoms with van der Waals surface area (Å²) in [6.07, 6.45) is 7.52. The number of nitrogens with two attached hydrogens (primary N) is 2. The summed E-state index contributed by atoms with van der Waals surface area (Å²) >= 11 is 0. The predicted octanol–water partition coefficient (Wildman–Crippen LogP) is 5.24. The molecule has 1 aromatic heterocycles. The fourth-order valence-electron chi connectivity index (χ4n) is 4.26. The van der Waals surface area contributed by atoms with E-state index in [0.717, 1.165) is 42.8 Å². The van der Waals surface area contributed by atoms with Crippen LogP contribution in [0.5, 0.6) is 5.75 Å². The third-order valence-electron chi connectivity index (χ3n) is 6.20. The molecule has 1 aliphatic rings. The number of rotatable bonds is 7. The third kappa shape index (κ3) is 5.46. The number of benzene rings is 2. The van der Waals surface area contributed by atoms with Gasteiger partial charge in [0.25, 0.3) is 5.91 Å². The highest BCUT2D eigenvalue weighted by Crippen LogP contribution is 2.32. The number of allylic oxidation sites excluding steroid dienone is 4. The average molecular weight is 482 g/mol. The van der Waals surface area contributed by atoms with Crippen LogP contribution in [0, 0.1) is 5.41 Å². The Labute approximate surface area is 211 Å². The minimum absolute atomic E-state index is 0.0418. The quantitative estimate of drug-likeness (QED) is 0.185. The zero-order chi connectivity index (χ0) is 25.7.